The first-order valence-electron chi connectivity index (χ1n) is 5.73. The van der Waals surface area contributed by atoms with Gasteiger partial charge in [0.1, 0.15) is 5.84 Å². The van der Waals surface area contributed by atoms with E-state index in [1.54, 1.807) is 12.1 Å². The van der Waals surface area contributed by atoms with Gasteiger partial charge in [-0.2, -0.15) is 0 Å². The molecule has 0 radical (unpaired) electrons. The molecule has 2 N–H and O–H groups in total. The number of benzene rings is 2. The van der Waals surface area contributed by atoms with Crippen LogP contribution in [0.1, 0.15) is 17.3 Å². The molecule has 0 aliphatic carbocycles. The lowest BCUT2D eigenvalue weighted by molar-refractivity contribution is 0.869. The van der Waals surface area contributed by atoms with Crippen LogP contribution in [-0.2, 0) is 0 Å². The lowest BCUT2D eigenvalue weighted by Gasteiger charge is -2.37. The zero-order valence-electron chi connectivity index (χ0n) is 9.85. The Morgan fingerprint density at radius 3 is 2.68 bits per heavy atom. The van der Waals surface area contributed by atoms with Crippen molar-refractivity contribution in [1.29, 1.82) is 0 Å². The van der Waals surface area contributed by atoms with Crippen molar-refractivity contribution in [3.63, 3.8) is 0 Å². The second-order valence-corrected chi connectivity index (χ2v) is 5.04. The number of fused-ring (bicyclic) bond motifs is 1. The van der Waals surface area contributed by atoms with Crippen molar-refractivity contribution in [3.05, 3.63) is 69.0 Å². The summed E-state index contributed by atoms with van der Waals surface area (Å²) in [7, 11) is 0. The Morgan fingerprint density at radius 1 is 1.11 bits per heavy atom. The molecule has 1 heterocycles. The van der Waals surface area contributed by atoms with Gasteiger partial charge in [-0.15, -0.1) is 5.69 Å². The molecular formula is C14H10Cl2N3-. The molecule has 0 aromatic heterocycles. The predicted molar refractivity (Wildman–Crippen MR) is 79.4 cm³/mol. The Hall–Kier alpha value is -1.71. The van der Waals surface area contributed by atoms with Gasteiger partial charge in [-0.05, 0) is 17.7 Å². The number of amidine groups is 1. The van der Waals surface area contributed by atoms with Crippen LogP contribution in [-0.4, -0.2) is 5.84 Å². The van der Waals surface area contributed by atoms with Crippen LogP contribution in [0.25, 0.3) is 5.32 Å². The largest absolute Gasteiger partial charge is 0.659 e. The molecule has 3 rings (SSSR count). The summed E-state index contributed by atoms with van der Waals surface area (Å²) in [6, 6.07) is 12.9. The molecule has 0 saturated heterocycles. The highest BCUT2D eigenvalue weighted by Crippen LogP contribution is 2.41. The van der Waals surface area contributed by atoms with Gasteiger partial charge in [-0.1, -0.05) is 53.5 Å². The fourth-order valence-corrected chi connectivity index (χ4v) is 2.52. The van der Waals surface area contributed by atoms with Gasteiger partial charge in [-0.25, -0.2) is 0 Å². The van der Waals surface area contributed by atoms with Crippen molar-refractivity contribution >= 4 is 34.7 Å². The Bertz CT molecular complexity index is 667. The molecule has 5 heteroatoms. The van der Waals surface area contributed by atoms with E-state index in [0.29, 0.717) is 15.9 Å². The molecule has 1 atom stereocenters. The molecule has 1 aliphatic heterocycles. The van der Waals surface area contributed by atoms with Crippen LogP contribution in [0, 0.1) is 0 Å². The average Bonchev–Trinajstić information content (AvgIpc) is 2.38. The van der Waals surface area contributed by atoms with Gasteiger partial charge in [0, 0.05) is 21.8 Å². The smallest absolute Gasteiger partial charge is 0.123 e. The quantitative estimate of drug-likeness (QED) is 0.831. The number of aliphatic imine (C=N–C) groups is 1. The Balaban J connectivity index is 2.03. The minimum absolute atomic E-state index is 0.417. The second-order valence-electron chi connectivity index (χ2n) is 4.20. The van der Waals surface area contributed by atoms with Crippen molar-refractivity contribution in [1.82, 2.24) is 0 Å². The van der Waals surface area contributed by atoms with Crippen LogP contribution in [0.5, 0.6) is 0 Å². The van der Waals surface area contributed by atoms with E-state index >= 15 is 0 Å². The van der Waals surface area contributed by atoms with Crippen LogP contribution in [0.15, 0.2) is 47.5 Å². The number of nitrogens with zero attached hydrogens (tertiary/aromatic N) is 2. The monoisotopic (exact) mass is 290 g/mol. The van der Waals surface area contributed by atoms with E-state index in [2.05, 4.69) is 10.3 Å². The summed E-state index contributed by atoms with van der Waals surface area (Å²) in [5, 5.41) is 5.69. The summed E-state index contributed by atoms with van der Waals surface area (Å²) >= 11 is 12.1. The van der Waals surface area contributed by atoms with Gasteiger partial charge in [0.25, 0.3) is 0 Å². The van der Waals surface area contributed by atoms with Gasteiger partial charge >= 0.3 is 0 Å². The Morgan fingerprint density at radius 2 is 1.89 bits per heavy atom. The summed E-state index contributed by atoms with van der Waals surface area (Å²) in [4.78, 5) is 4.38. The number of nitrogens with two attached hydrogens (primary N) is 1. The Labute approximate surface area is 121 Å². The fraction of sp³-hybridized carbons (Fsp3) is 0.0714. The summed E-state index contributed by atoms with van der Waals surface area (Å²) in [5.41, 5.74) is 8.45. The second kappa shape index (κ2) is 4.76. The van der Waals surface area contributed by atoms with Crippen molar-refractivity contribution < 1.29 is 0 Å². The summed E-state index contributed by atoms with van der Waals surface area (Å²) in [6.07, 6.45) is -0.417. The first-order valence-corrected chi connectivity index (χ1v) is 6.49. The van der Waals surface area contributed by atoms with Crippen LogP contribution < -0.4 is 5.73 Å². The minimum atomic E-state index is -0.417. The molecule has 0 spiro atoms. The van der Waals surface area contributed by atoms with Crippen LogP contribution in [0.4, 0.5) is 5.69 Å². The lowest BCUT2D eigenvalue weighted by Crippen LogP contribution is -2.18. The van der Waals surface area contributed by atoms with Crippen molar-refractivity contribution in [2.75, 3.05) is 0 Å². The van der Waals surface area contributed by atoms with Crippen LogP contribution in [0.3, 0.4) is 0 Å². The first kappa shape index (κ1) is 12.3. The molecule has 0 saturated carbocycles. The Kier molecular flexibility index (Phi) is 3.09. The van der Waals surface area contributed by atoms with Crippen molar-refractivity contribution in [2.24, 2.45) is 10.7 Å². The van der Waals surface area contributed by atoms with E-state index in [-0.39, 0.29) is 0 Å². The SMILES string of the molecule is NC1=NC(c2ccc(Cl)cc2Cl)[N-]c2ccccc21. The summed E-state index contributed by atoms with van der Waals surface area (Å²) < 4.78 is 0. The molecule has 0 bridgehead atoms. The predicted octanol–water partition coefficient (Wildman–Crippen LogP) is 4.42. The lowest BCUT2D eigenvalue weighted by atomic mass is 10.1. The molecule has 96 valence electrons. The van der Waals surface area contributed by atoms with Crippen LogP contribution >= 0.6 is 23.2 Å². The highest BCUT2D eigenvalue weighted by atomic mass is 35.5. The van der Waals surface area contributed by atoms with E-state index in [4.69, 9.17) is 28.9 Å². The number of hydrogen-bond donors (Lipinski definition) is 1. The number of para-hydroxylation sites is 1. The number of rotatable bonds is 1. The molecular weight excluding hydrogens is 281 g/mol. The summed E-state index contributed by atoms with van der Waals surface area (Å²) in [5.74, 6) is 0.474. The van der Waals surface area contributed by atoms with E-state index in [0.717, 1.165) is 16.8 Å². The fourth-order valence-electron chi connectivity index (χ4n) is 2.01. The third kappa shape index (κ3) is 2.27. The normalized spacial score (nSPS) is 17.4. The third-order valence-electron chi connectivity index (χ3n) is 2.94. The maximum absolute atomic E-state index is 6.18. The van der Waals surface area contributed by atoms with Gasteiger partial charge < -0.3 is 11.1 Å². The molecule has 2 aromatic rings. The molecule has 2 aromatic carbocycles. The van der Waals surface area contributed by atoms with E-state index < -0.39 is 6.17 Å². The van der Waals surface area contributed by atoms with Gasteiger partial charge in [0.2, 0.25) is 0 Å². The molecule has 1 aliphatic rings. The highest BCUT2D eigenvalue weighted by Gasteiger charge is 2.13. The highest BCUT2D eigenvalue weighted by molar-refractivity contribution is 6.35. The van der Waals surface area contributed by atoms with E-state index in [1.165, 1.54) is 0 Å². The van der Waals surface area contributed by atoms with Crippen LogP contribution in [0.2, 0.25) is 10.0 Å². The maximum atomic E-state index is 6.18. The number of halogens is 2. The first-order chi connectivity index (χ1) is 9.15. The molecule has 3 nitrogen and oxygen atoms in total. The minimum Gasteiger partial charge on any atom is -0.659 e. The van der Waals surface area contributed by atoms with E-state index in [9.17, 15) is 0 Å². The van der Waals surface area contributed by atoms with Crippen molar-refractivity contribution in [2.45, 2.75) is 6.17 Å². The zero-order valence-corrected chi connectivity index (χ0v) is 11.4. The van der Waals surface area contributed by atoms with Crippen molar-refractivity contribution in [3.8, 4) is 0 Å². The molecule has 19 heavy (non-hydrogen) atoms. The molecule has 0 fully saturated rings. The van der Waals surface area contributed by atoms with Gasteiger partial charge in [0.05, 0.1) is 0 Å². The zero-order chi connectivity index (χ0) is 13.4. The third-order valence-corrected chi connectivity index (χ3v) is 3.51. The standard InChI is InChI=1S/C14H10Cl2N3/c15-8-5-6-9(11(16)7-8)14-18-12-4-2-1-3-10(12)13(17)19-14/h1-7,14H,(H2,17,19)/q-1. The summed E-state index contributed by atoms with van der Waals surface area (Å²) in [6.45, 7) is 0. The van der Waals surface area contributed by atoms with Gasteiger partial charge in [0.15, 0.2) is 0 Å². The average molecular weight is 291 g/mol. The molecule has 0 amide bonds. The molecule has 1 unspecified atom stereocenters. The van der Waals surface area contributed by atoms with E-state index in [1.807, 2.05) is 30.3 Å². The topological polar surface area (TPSA) is 52.5 Å². The number of hydrogen-bond acceptors (Lipinski definition) is 2. The maximum Gasteiger partial charge on any atom is 0.123 e. The van der Waals surface area contributed by atoms with Gasteiger partial charge in [-0.3, -0.25) is 4.99 Å².